The van der Waals surface area contributed by atoms with Gasteiger partial charge in [0.25, 0.3) is 0 Å². The van der Waals surface area contributed by atoms with Crippen LogP contribution < -0.4 is 5.73 Å². The first-order valence-corrected chi connectivity index (χ1v) is 3.04. The zero-order chi connectivity index (χ0) is 7.72. The van der Waals surface area contributed by atoms with E-state index in [2.05, 4.69) is 0 Å². The van der Waals surface area contributed by atoms with Gasteiger partial charge in [-0.25, -0.2) is 0 Å². The van der Waals surface area contributed by atoms with Gasteiger partial charge in [-0.2, -0.15) is 0 Å². The molecule has 0 radical (unpaired) electrons. The van der Waals surface area contributed by atoms with Crippen molar-refractivity contribution in [3.05, 3.63) is 0 Å². The molecule has 0 amide bonds. The quantitative estimate of drug-likeness (QED) is 0.302. The van der Waals surface area contributed by atoms with Gasteiger partial charge in [0.05, 0.1) is 6.61 Å². The van der Waals surface area contributed by atoms with Crippen LogP contribution in [-0.2, 0) is 4.74 Å². The third-order valence-corrected chi connectivity index (χ3v) is 1.54. The van der Waals surface area contributed by atoms with Crippen LogP contribution in [0, 0.1) is 0 Å². The molecule has 1 rings (SSSR count). The van der Waals surface area contributed by atoms with Crippen molar-refractivity contribution in [3.63, 3.8) is 0 Å². The van der Waals surface area contributed by atoms with Gasteiger partial charge in [-0.15, -0.1) is 0 Å². The van der Waals surface area contributed by atoms with Gasteiger partial charge in [0, 0.05) is 0 Å². The molecule has 0 aromatic carbocycles. The van der Waals surface area contributed by atoms with Crippen LogP contribution in [0.4, 0.5) is 0 Å². The van der Waals surface area contributed by atoms with Gasteiger partial charge < -0.3 is 25.8 Å². The minimum absolute atomic E-state index is 0.0284. The van der Waals surface area contributed by atoms with Crippen LogP contribution in [0.3, 0.4) is 0 Å². The van der Waals surface area contributed by atoms with Gasteiger partial charge in [0.15, 0.2) is 0 Å². The highest BCUT2D eigenvalue weighted by Gasteiger charge is 2.35. The summed E-state index contributed by atoms with van der Waals surface area (Å²) in [7, 11) is 0. The number of rotatable bonds is 0. The van der Waals surface area contributed by atoms with Gasteiger partial charge in [-0.1, -0.05) is 0 Å². The van der Waals surface area contributed by atoms with Crippen molar-refractivity contribution >= 4 is 0 Å². The number of ether oxygens (including phenoxy) is 1. The second-order valence-corrected chi connectivity index (χ2v) is 2.35. The van der Waals surface area contributed by atoms with Crippen molar-refractivity contribution in [2.75, 3.05) is 6.61 Å². The maximum atomic E-state index is 8.96. The average molecular weight is 149 g/mol. The van der Waals surface area contributed by atoms with Crippen LogP contribution in [0.5, 0.6) is 0 Å². The smallest absolute Gasteiger partial charge is 0.134 e. The summed E-state index contributed by atoms with van der Waals surface area (Å²) in [6.07, 6.45) is -4.30. The standard InChI is InChI=1S/C5H11NO4/c6-5-4(9)3(8)2(7)1-10-5/h2-5,7-9H,1,6H2/t2-,3-,4-,5+/m1/s1. The maximum Gasteiger partial charge on any atom is 0.134 e. The molecule has 0 unspecified atom stereocenters. The first kappa shape index (κ1) is 7.90. The molecule has 0 saturated carbocycles. The second kappa shape index (κ2) is 2.81. The summed E-state index contributed by atoms with van der Waals surface area (Å²) in [5.74, 6) is 0. The summed E-state index contributed by atoms with van der Waals surface area (Å²) in [5.41, 5.74) is 5.19. The fraction of sp³-hybridized carbons (Fsp3) is 1.00. The Bertz CT molecular complexity index is 106. The predicted molar refractivity (Wildman–Crippen MR) is 31.9 cm³/mol. The zero-order valence-corrected chi connectivity index (χ0v) is 5.34. The Kier molecular flexibility index (Phi) is 2.22. The van der Waals surface area contributed by atoms with E-state index in [1.165, 1.54) is 0 Å². The fourth-order valence-electron chi connectivity index (χ4n) is 0.829. The first-order valence-electron chi connectivity index (χ1n) is 3.04. The molecule has 5 N–H and O–H groups in total. The molecule has 1 heterocycles. The van der Waals surface area contributed by atoms with Crippen LogP contribution >= 0.6 is 0 Å². The number of hydrogen-bond donors (Lipinski definition) is 4. The Morgan fingerprint density at radius 3 is 2.30 bits per heavy atom. The van der Waals surface area contributed by atoms with Gasteiger partial charge in [-0.3, -0.25) is 0 Å². The van der Waals surface area contributed by atoms with Gasteiger partial charge >= 0.3 is 0 Å². The second-order valence-electron chi connectivity index (χ2n) is 2.35. The molecule has 10 heavy (non-hydrogen) atoms. The first-order chi connectivity index (χ1) is 4.63. The molecule has 0 bridgehead atoms. The normalized spacial score (nSPS) is 49.2. The third-order valence-electron chi connectivity index (χ3n) is 1.54. The molecule has 1 aliphatic heterocycles. The Labute approximate surface area is 58.0 Å². The largest absolute Gasteiger partial charge is 0.388 e. The molecule has 0 spiro atoms. The van der Waals surface area contributed by atoms with E-state index in [0.717, 1.165) is 0 Å². The molecular weight excluding hydrogens is 138 g/mol. The monoisotopic (exact) mass is 149 g/mol. The highest BCUT2D eigenvalue weighted by Crippen LogP contribution is 2.11. The lowest BCUT2D eigenvalue weighted by Crippen LogP contribution is -2.56. The number of aliphatic hydroxyl groups excluding tert-OH is 3. The van der Waals surface area contributed by atoms with Crippen LogP contribution in [0.15, 0.2) is 0 Å². The molecule has 4 atom stereocenters. The summed E-state index contributed by atoms with van der Waals surface area (Å²) in [4.78, 5) is 0. The number of aliphatic hydroxyl groups is 3. The minimum Gasteiger partial charge on any atom is -0.388 e. The van der Waals surface area contributed by atoms with E-state index in [-0.39, 0.29) is 6.61 Å². The molecular formula is C5H11NO4. The predicted octanol–water partition coefficient (Wildman–Crippen LogP) is -2.62. The summed E-state index contributed by atoms with van der Waals surface area (Å²) in [5, 5.41) is 26.8. The van der Waals surface area contributed by atoms with E-state index < -0.39 is 24.5 Å². The molecule has 0 aliphatic carbocycles. The van der Waals surface area contributed by atoms with E-state index in [9.17, 15) is 0 Å². The average Bonchev–Trinajstić information content (AvgIpc) is 1.93. The van der Waals surface area contributed by atoms with Gasteiger partial charge in [-0.05, 0) is 0 Å². The molecule has 0 aromatic rings. The number of hydrogen-bond acceptors (Lipinski definition) is 5. The molecule has 1 saturated heterocycles. The lowest BCUT2D eigenvalue weighted by Gasteiger charge is -2.32. The van der Waals surface area contributed by atoms with Gasteiger partial charge in [0.2, 0.25) is 0 Å². The van der Waals surface area contributed by atoms with E-state index >= 15 is 0 Å². The van der Waals surface area contributed by atoms with Crippen molar-refractivity contribution in [3.8, 4) is 0 Å². The summed E-state index contributed by atoms with van der Waals surface area (Å²) in [6, 6.07) is 0. The summed E-state index contributed by atoms with van der Waals surface area (Å²) < 4.78 is 4.69. The molecule has 5 nitrogen and oxygen atoms in total. The van der Waals surface area contributed by atoms with Crippen molar-refractivity contribution in [2.45, 2.75) is 24.5 Å². The SMILES string of the molecule is N[C@H]1OC[C@@H](O)[C@@H](O)[C@H]1O. The van der Waals surface area contributed by atoms with E-state index in [0.29, 0.717) is 0 Å². The van der Waals surface area contributed by atoms with E-state index in [1.807, 2.05) is 0 Å². The van der Waals surface area contributed by atoms with Crippen LogP contribution in [0.2, 0.25) is 0 Å². The lowest BCUT2D eigenvalue weighted by molar-refractivity contribution is -0.184. The molecule has 5 heteroatoms. The van der Waals surface area contributed by atoms with Crippen molar-refractivity contribution in [2.24, 2.45) is 5.73 Å². The van der Waals surface area contributed by atoms with Crippen molar-refractivity contribution < 1.29 is 20.1 Å². The highest BCUT2D eigenvalue weighted by atomic mass is 16.5. The Morgan fingerprint density at radius 1 is 1.20 bits per heavy atom. The maximum absolute atomic E-state index is 8.96. The molecule has 1 fully saturated rings. The topological polar surface area (TPSA) is 95.9 Å². The van der Waals surface area contributed by atoms with Crippen molar-refractivity contribution in [1.82, 2.24) is 0 Å². The third kappa shape index (κ3) is 1.28. The Morgan fingerprint density at radius 2 is 1.80 bits per heavy atom. The van der Waals surface area contributed by atoms with Crippen LogP contribution in [0.25, 0.3) is 0 Å². The molecule has 0 aromatic heterocycles. The number of nitrogens with two attached hydrogens (primary N) is 1. The summed E-state index contributed by atoms with van der Waals surface area (Å²) >= 11 is 0. The molecule has 1 aliphatic rings. The van der Waals surface area contributed by atoms with Crippen LogP contribution in [-0.4, -0.2) is 46.5 Å². The van der Waals surface area contributed by atoms with Crippen molar-refractivity contribution in [1.29, 1.82) is 0 Å². The highest BCUT2D eigenvalue weighted by molar-refractivity contribution is 4.83. The Hall–Kier alpha value is -0.200. The Balaban J connectivity index is 2.52. The van der Waals surface area contributed by atoms with Crippen LogP contribution in [0.1, 0.15) is 0 Å². The van der Waals surface area contributed by atoms with E-state index in [1.54, 1.807) is 0 Å². The minimum atomic E-state index is -1.19. The van der Waals surface area contributed by atoms with Gasteiger partial charge in [0.1, 0.15) is 24.5 Å². The summed E-state index contributed by atoms with van der Waals surface area (Å²) in [6.45, 7) is -0.0284. The lowest BCUT2D eigenvalue weighted by atomic mass is 10.1. The fourth-order valence-corrected chi connectivity index (χ4v) is 0.829. The zero-order valence-electron chi connectivity index (χ0n) is 5.34. The van der Waals surface area contributed by atoms with E-state index in [4.69, 9.17) is 25.8 Å². The molecule has 60 valence electrons.